The van der Waals surface area contributed by atoms with Gasteiger partial charge in [-0.25, -0.2) is 0 Å². The molecule has 0 aliphatic carbocycles. The van der Waals surface area contributed by atoms with E-state index in [-0.39, 0.29) is 6.04 Å². The third-order valence-corrected chi connectivity index (χ3v) is 6.85. The Morgan fingerprint density at radius 3 is 2.95 bits per heavy atom. The number of thiophene rings is 1. The summed E-state index contributed by atoms with van der Waals surface area (Å²) < 4.78 is 6.92. The van der Waals surface area contributed by atoms with E-state index in [2.05, 4.69) is 34.1 Å². The molecule has 2 aliphatic heterocycles. The predicted octanol–water partition coefficient (Wildman–Crippen LogP) is 4.28. The van der Waals surface area contributed by atoms with E-state index >= 15 is 0 Å². The van der Waals surface area contributed by atoms with E-state index in [1.54, 1.807) is 0 Å². The quantitative estimate of drug-likeness (QED) is 0.842. The highest BCUT2D eigenvalue weighted by Crippen LogP contribution is 2.41. The maximum atomic E-state index is 6.57. The van der Waals surface area contributed by atoms with Crippen LogP contribution in [0.2, 0.25) is 0 Å². The third-order valence-electron chi connectivity index (χ3n) is 4.07. The van der Waals surface area contributed by atoms with Gasteiger partial charge in [0.05, 0.1) is 12.6 Å². The lowest BCUT2D eigenvalue weighted by atomic mass is 10.0. The highest BCUT2D eigenvalue weighted by Gasteiger charge is 2.24. The first-order valence-corrected chi connectivity index (χ1v) is 9.88. The lowest BCUT2D eigenvalue weighted by Gasteiger charge is -2.15. The molecule has 1 aromatic carbocycles. The zero-order chi connectivity index (χ0) is 14.4. The minimum Gasteiger partial charge on any atom is -0.493 e. The van der Waals surface area contributed by atoms with Crippen molar-refractivity contribution in [3.05, 3.63) is 49.1 Å². The van der Waals surface area contributed by atoms with E-state index in [4.69, 9.17) is 10.5 Å². The van der Waals surface area contributed by atoms with Crippen LogP contribution in [0.3, 0.4) is 0 Å². The van der Waals surface area contributed by atoms with E-state index in [0.29, 0.717) is 0 Å². The van der Waals surface area contributed by atoms with Crippen molar-refractivity contribution in [2.75, 3.05) is 12.4 Å². The van der Waals surface area contributed by atoms with Crippen molar-refractivity contribution >= 4 is 39.0 Å². The summed E-state index contributed by atoms with van der Waals surface area (Å²) in [5, 5.41) is 0. The molecule has 0 bridgehead atoms. The minimum atomic E-state index is -0.0880. The maximum absolute atomic E-state index is 6.57. The molecule has 0 fully saturated rings. The molecule has 2 N–H and O–H groups in total. The number of benzene rings is 1. The smallest absolute Gasteiger partial charge is 0.127 e. The topological polar surface area (TPSA) is 35.2 Å². The van der Waals surface area contributed by atoms with Crippen LogP contribution >= 0.6 is 39.0 Å². The Bertz CT molecular complexity index is 674. The molecule has 1 unspecified atom stereocenters. The molecule has 3 heterocycles. The summed E-state index contributed by atoms with van der Waals surface area (Å²) in [6, 6.07) is 6.48. The number of rotatable bonds is 2. The summed E-state index contributed by atoms with van der Waals surface area (Å²) in [7, 11) is 0. The summed E-state index contributed by atoms with van der Waals surface area (Å²) in [5.41, 5.74) is 10.4. The Hall–Kier alpha value is -0.490. The molecule has 4 rings (SSSR count). The van der Waals surface area contributed by atoms with Crippen molar-refractivity contribution in [1.29, 1.82) is 0 Å². The van der Waals surface area contributed by atoms with Gasteiger partial charge in [0.1, 0.15) is 5.75 Å². The summed E-state index contributed by atoms with van der Waals surface area (Å²) >= 11 is 7.50. The van der Waals surface area contributed by atoms with Crippen molar-refractivity contribution in [1.82, 2.24) is 0 Å². The van der Waals surface area contributed by atoms with Crippen LogP contribution in [0.25, 0.3) is 0 Å². The average Bonchev–Trinajstić information content (AvgIpc) is 3.11. The highest BCUT2D eigenvalue weighted by molar-refractivity contribution is 9.10. The van der Waals surface area contributed by atoms with Crippen LogP contribution in [0.15, 0.2) is 22.7 Å². The molecule has 0 saturated heterocycles. The molecule has 2 aliphatic rings. The largest absolute Gasteiger partial charge is 0.493 e. The first kappa shape index (κ1) is 14.1. The van der Waals surface area contributed by atoms with Gasteiger partial charge in [-0.05, 0) is 41.5 Å². The van der Waals surface area contributed by atoms with Gasteiger partial charge in [0.15, 0.2) is 0 Å². The lowest BCUT2D eigenvalue weighted by molar-refractivity contribution is 0.352. The fourth-order valence-electron chi connectivity index (χ4n) is 3.01. The Labute approximate surface area is 141 Å². The molecule has 5 heteroatoms. The van der Waals surface area contributed by atoms with E-state index in [0.717, 1.165) is 34.6 Å². The van der Waals surface area contributed by atoms with Crippen LogP contribution in [-0.4, -0.2) is 12.4 Å². The summed E-state index contributed by atoms with van der Waals surface area (Å²) in [6.07, 6.45) is 2.16. The van der Waals surface area contributed by atoms with Crippen molar-refractivity contribution in [2.24, 2.45) is 5.73 Å². The van der Waals surface area contributed by atoms with Gasteiger partial charge >= 0.3 is 0 Å². The molecule has 1 atom stereocenters. The maximum Gasteiger partial charge on any atom is 0.127 e. The van der Waals surface area contributed by atoms with Gasteiger partial charge in [-0.2, -0.15) is 11.8 Å². The molecule has 1 aromatic heterocycles. The SMILES string of the molecule is NC(c1cc2c(s1)CCSC2)c1cc(Br)cc2c1OCC2. The van der Waals surface area contributed by atoms with Crippen LogP contribution < -0.4 is 10.5 Å². The number of aryl methyl sites for hydroxylation is 1. The van der Waals surface area contributed by atoms with Crippen molar-refractivity contribution in [3.63, 3.8) is 0 Å². The van der Waals surface area contributed by atoms with E-state index in [1.807, 2.05) is 23.1 Å². The molecule has 2 nitrogen and oxygen atoms in total. The van der Waals surface area contributed by atoms with Gasteiger partial charge in [-0.1, -0.05) is 15.9 Å². The molecular weight excluding hydrogens is 366 g/mol. The number of hydrogen-bond acceptors (Lipinski definition) is 4. The zero-order valence-corrected chi connectivity index (χ0v) is 14.7. The van der Waals surface area contributed by atoms with Crippen LogP contribution in [0, 0.1) is 0 Å². The monoisotopic (exact) mass is 381 g/mol. The predicted molar refractivity (Wildman–Crippen MR) is 93.6 cm³/mol. The molecule has 0 saturated carbocycles. The number of ether oxygens (including phenoxy) is 1. The molecule has 0 radical (unpaired) electrons. The van der Waals surface area contributed by atoms with Gasteiger partial charge in [-0.15, -0.1) is 11.3 Å². The lowest BCUT2D eigenvalue weighted by Crippen LogP contribution is -2.11. The first-order valence-electron chi connectivity index (χ1n) is 7.12. The zero-order valence-electron chi connectivity index (χ0n) is 11.5. The molecule has 0 amide bonds. The van der Waals surface area contributed by atoms with Crippen molar-refractivity contribution in [2.45, 2.75) is 24.6 Å². The molecule has 21 heavy (non-hydrogen) atoms. The standard InChI is InChI=1S/C16H16BrNOS2/c17-11-5-9-1-3-19-16(9)12(7-11)15(18)14-6-10-8-20-4-2-13(10)21-14/h5-7,15H,1-4,8,18H2. The number of halogens is 1. The fraction of sp³-hybridized carbons (Fsp3) is 0.375. The van der Waals surface area contributed by atoms with Gasteiger partial charge in [-0.3, -0.25) is 0 Å². The second kappa shape index (κ2) is 5.61. The molecule has 2 aromatic rings. The van der Waals surface area contributed by atoms with E-state index in [9.17, 15) is 0 Å². The first-order chi connectivity index (χ1) is 10.2. The Kier molecular flexibility index (Phi) is 3.78. The third kappa shape index (κ3) is 2.54. The van der Waals surface area contributed by atoms with Crippen LogP contribution in [0.4, 0.5) is 0 Å². The molecule has 0 spiro atoms. The summed E-state index contributed by atoms with van der Waals surface area (Å²) in [5.74, 6) is 3.37. The number of fused-ring (bicyclic) bond motifs is 2. The second-order valence-electron chi connectivity index (χ2n) is 5.46. The highest BCUT2D eigenvalue weighted by atomic mass is 79.9. The Balaban J connectivity index is 1.75. The number of hydrogen-bond donors (Lipinski definition) is 1. The van der Waals surface area contributed by atoms with Crippen molar-refractivity contribution in [3.8, 4) is 5.75 Å². The second-order valence-corrected chi connectivity index (χ2v) is 8.65. The Morgan fingerprint density at radius 2 is 2.10 bits per heavy atom. The number of thioether (sulfide) groups is 1. The number of nitrogens with two attached hydrogens (primary N) is 1. The van der Waals surface area contributed by atoms with Crippen LogP contribution in [0.1, 0.15) is 32.5 Å². The molecular formula is C16H16BrNOS2. The summed E-state index contributed by atoms with van der Waals surface area (Å²) in [4.78, 5) is 2.78. The Morgan fingerprint density at radius 1 is 1.19 bits per heavy atom. The van der Waals surface area contributed by atoms with E-state index in [1.165, 1.54) is 33.1 Å². The van der Waals surface area contributed by atoms with Gasteiger partial charge < -0.3 is 10.5 Å². The minimum absolute atomic E-state index is 0.0880. The van der Waals surface area contributed by atoms with Gasteiger partial charge in [0, 0.05) is 32.0 Å². The molecule has 110 valence electrons. The normalized spacial score (nSPS) is 18.0. The average molecular weight is 382 g/mol. The van der Waals surface area contributed by atoms with Crippen LogP contribution in [-0.2, 0) is 18.6 Å². The van der Waals surface area contributed by atoms with Gasteiger partial charge in [0.25, 0.3) is 0 Å². The summed E-state index contributed by atoms with van der Waals surface area (Å²) in [6.45, 7) is 0.767. The van der Waals surface area contributed by atoms with Gasteiger partial charge in [0.2, 0.25) is 0 Å². The van der Waals surface area contributed by atoms with Crippen LogP contribution in [0.5, 0.6) is 5.75 Å². The van der Waals surface area contributed by atoms with Crippen molar-refractivity contribution < 1.29 is 4.74 Å². The van der Waals surface area contributed by atoms with E-state index < -0.39 is 0 Å². The fourth-order valence-corrected chi connectivity index (χ4v) is 5.93.